The molecule has 0 atom stereocenters. The molecule has 0 saturated heterocycles. The molecule has 0 amide bonds. The number of unbranched alkanes of at least 4 members (excludes halogenated alkanes) is 6. The minimum absolute atomic E-state index is 0.0419. The molecule has 0 fully saturated rings. The number of hydrogen-bond donors (Lipinski definition) is 0. The van der Waals surface area contributed by atoms with E-state index in [1.54, 1.807) is 0 Å². The van der Waals surface area contributed by atoms with Crippen LogP contribution in [0.1, 0.15) is 78.1 Å². The third kappa shape index (κ3) is 13.3. The second-order valence-electron chi connectivity index (χ2n) is 4.79. The van der Waals surface area contributed by atoms with Crippen LogP contribution >= 0.6 is 0 Å². The van der Waals surface area contributed by atoms with E-state index in [1.165, 1.54) is 32.1 Å². The van der Waals surface area contributed by atoms with Gasteiger partial charge in [0, 0.05) is 6.42 Å². The molecule has 0 saturated carbocycles. The van der Waals surface area contributed by atoms with Crippen LogP contribution in [0.5, 0.6) is 0 Å². The molecule has 0 rings (SSSR count). The maximum Gasteiger partial charge on any atom is 0.305 e. The smallest absolute Gasteiger partial charge is 0.305 e. The summed E-state index contributed by atoms with van der Waals surface area (Å²) in [5.74, 6) is -0.0419. The fourth-order valence-electron chi connectivity index (χ4n) is 1.69. The first kappa shape index (κ1) is 17.2. The van der Waals surface area contributed by atoms with Crippen molar-refractivity contribution < 1.29 is 9.53 Å². The van der Waals surface area contributed by atoms with Crippen LogP contribution in [-0.4, -0.2) is 12.6 Å². The zero-order valence-electron chi connectivity index (χ0n) is 12.2. The third-order valence-corrected chi connectivity index (χ3v) is 2.90. The lowest BCUT2D eigenvalue weighted by molar-refractivity contribution is -0.143. The average molecular weight is 254 g/mol. The molecule has 2 heteroatoms. The van der Waals surface area contributed by atoms with Gasteiger partial charge in [-0.25, -0.2) is 0 Å². The molecule has 0 aromatic rings. The number of esters is 1. The van der Waals surface area contributed by atoms with Crippen molar-refractivity contribution in [2.45, 2.75) is 78.1 Å². The largest absolute Gasteiger partial charge is 0.466 e. The van der Waals surface area contributed by atoms with Gasteiger partial charge in [-0.05, 0) is 32.1 Å². The Kier molecular flexibility index (Phi) is 13.6. The van der Waals surface area contributed by atoms with Crippen LogP contribution in [0.15, 0.2) is 12.2 Å². The molecule has 0 aliphatic rings. The van der Waals surface area contributed by atoms with E-state index in [1.807, 2.05) is 0 Å². The van der Waals surface area contributed by atoms with Crippen LogP contribution in [0.4, 0.5) is 0 Å². The lowest BCUT2D eigenvalue weighted by Gasteiger charge is -2.02. The number of allylic oxidation sites excluding steroid dienone is 2. The molecule has 0 bridgehead atoms. The zero-order valence-corrected chi connectivity index (χ0v) is 12.2. The Morgan fingerprint density at radius 3 is 2.22 bits per heavy atom. The molecule has 0 aliphatic carbocycles. The molecule has 0 N–H and O–H groups in total. The minimum Gasteiger partial charge on any atom is -0.466 e. The third-order valence-electron chi connectivity index (χ3n) is 2.90. The first-order chi connectivity index (χ1) is 8.81. The van der Waals surface area contributed by atoms with Crippen molar-refractivity contribution in [3.8, 4) is 0 Å². The Balaban J connectivity index is 3.22. The van der Waals surface area contributed by atoms with Crippen molar-refractivity contribution in [3.05, 3.63) is 12.2 Å². The zero-order chi connectivity index (χ0) is 13.5. The van der Waals surface area contributed by atoms with E-state index in [0.717, 1.165) is 25.7 Å². The molecule has 0 spiro atoms. The SMILES string of the molecule is CCCCCCC=CCCCC(=O)OCCCC. The first-order valence-corrected chi connectivity index (χ1v) is 7.61. The number of ether oxygens (including phenoxy) is 1. The van der Waals surface area contributed by atoms with Crippen molar-refractivity contribution >= 4 is 5.97 Å². The predicted octanol–water partition coefficient (Wildman–Crippen LogP) is 5.03. The van der Waals surface area contributed by atoms with Gasteiger partial charge in [0.15, 0.2) is 0 Å². The van der Waals surface area contributed by atoms with Crippen molar-refractivity contribution in [2.75, 3.05) is 6.61 Å². The highest BCUT2D eigenvalue weighted by atomic mass is 16.5. The fraction of sp³-hybridized carbons (Fsp3) is 0.812. The van der Waals surface area contributed by atoms with Crippen LogP contribution in [0.2, 0.25) is 0 Å². The molecule has 0 aliphatic heterocycles. The van der Waals surface area contributed by atoms with Gasteiger partial charge in [0.25, 0.3) is 0 Å². The lowest BCUT2D eigenvalue weighted by Crippen LogP contribution is -2.04. The molecule has 0 heterocycles. The standard InChI is InChI=1S/C16H30O2/c1-3-5-7-8-9-10-11-12-13-14-16(17)18-15-6-4-2/h10-11H,3-9,12-15H2,1-2H3. The summed E-state index contributed by atoms with van der Waals surface area (Å²) in [6.07, 6.45) is 15.4. The van der Waals surface area contributed by atoms with Gasteiger partial charge >= 0.3 is 5.97 Å². The number of rotatable bonds is 12. The highest BCUT2D eigenvalue weighted by Gasteiger charge is 2.00. The summed E-state index contributed by atoms with van der Waals surface area (Å²) in [5, 5.41) is 0. The Hall–Kier alpha value is -0.790. The molecule has 106 valence electrons. The molecule has 0 unspecified atom stereocenters. The Bertz CT molecular complexity index is 209. The molecule has 0 radical (unpaired) electrons. The second kappa shape index (κ2) is 14.3. The van der Waals surface area contributed by atoms with E-state index in [2.05, 4.69) is 26.0 Å². The highest BCUT2D eigenvalue weighted by Crippen LogP contribution is 2.05. The van der Waals surface area contributed by atoms with Gasteiger partial charge in [-0.3, -0.25) is 4.79 Å². The Labute approximate surface area is 113 Å². The molecule has 18 heavy (non-hydrogen) atoms. The van der Waals surface area contributed by atoms with Crippen molar-refractivity contribution in [1.82, 2.24) is 0 Å². The number of carbonyl (C=O) groups excluding carboxylic acids is 1. The summed E-state index contributed by atoms with van der Waals surface area (Å²) >= 11 is 0. The number of carbonyl (C=O) groups is 1. The average Bonchev–Trinajstić information content (AvgIpc) is 2.37. The summed E-state index contributed by atoms with van der Waals surface area (Å²) < 4.78 is 5.09. The maximum atomic E-state index is 11.3. The topological polar surface area (TPSA) is 26.3 Å². The monoisotopic (exact) mass is 254 g/mol. The van der Waals surface area contributed by atoms with E-state index >= 15 is 0 Å². The van der Waals surface area contributed by atoms with Gasteiger partial charge in [0.05, 0.1) is 6.61 Å². The molecule has 0 aromatic heterocycles. The normalized spacial score (nSPS) is 11.0. The minimum atomic E-state index is -0.0419. The molecular weight excluding hydrogens is 224 g/mol. The number of hydrogen-bond acceptors (Lipinski definition) is 2. The maximum absolute atomic E-state index is 11.3. The van der Waals surface area contributed by atoms with Crippen molar-refractivity contribution in [1.29, 1.82) is 0 Å². The van der Waals surface area contributed by atoms with E-state index in [4.69, 9.17) is 4.74 Å². The molecular formula is C16H30O2. The fourth-order valence-corrected chi connectivity index (χ4v) is 1.69. The summed E-state index contributed by atoms with van der Waals surface area (Å²) in [4.78, 5) is 11.3. The van der Waals surface area contributed by atoms with Crippen molar-refractivity contribution in [3.63, 3.8) is 0 Å². The predicted molar refractivity (Wildman–Crippen MR) is 77.6 cm³/mol. The quantitative estimate of drug-likeness (QED) is 0.277. The van der Waals surface area contributed by atoms with Gasteiger partial charge in [-0.1, -0.05) is 51.7 Å². The lowest BCUT2D eigenvalue weighted by atomic mass is 10.1. The van der Waals surface area contributed by atoms with Gasteiger partial charge in [-0.15, -0.1) is 0 Å². The van der Waals surface area contributed by atoms with Crippen LogP contribution in [-0.2, 0) is 9.53 Å². The van der Waals surface area contributed by atoms with Gasteiger partial charge in [0.2, 0.25) is 0 Å². The van der Waals surface area contributed by atoms with Crippen LogP contribution < -0.4 is 0 Å². The van der Waals surface area contributed by atoms with Gasteiger partial charge in [-0.2, -0.15) is 0 Å². The highest BCUT2D eigenvalue weighted by molar-refractivity contribution is 5.69. The van der Waals surface area contributed by atoms with Crippen molar-refractivity contribution in [2.24, 2.45) is 0 Å². The summed E-state index contributed by atoms with van der Waals surface area (Å²) in [5.41, 5.74) is 0. The van der Waals surface area contributed by atoms with Gasteiger partial charge in [0.1, 0.15) is 0 Å². The summed E-state index contributed by atoms with van der Waals surface area (Å²) in [7, 11) is 0. The van der Waals surface area contributed by atoms with E-state index < -0.39 is 0 Å². The Morgan fingerprint density at radius 2 is 1.56 bits per heavy atom. The van der Waals surface area contributed by atoms with Crippen LogP contribution in [0, 0.1) is 0 Å². The molecule has 0 aromatic carbocycles. The summed E-state index contributed by atoms with van der Waals surface area (Å²) in [6, 6.07) is 0. The molecule has 2 nitrogen and oxygen atoms in total. The second-order valence-corrected chi connectivity index (χ2v) is 4.79. The first-order valence-electron chi connectivity index (χ1n) is 7.61. The van der Waals surface area contributed by atoms with E-state index in [-0.39, 0.29) is 5.97 Å². The van der Waals surface area contributed by atoms with Crippen LogP contribution in [0.25, 0.3) is 0 Å². The van der Waals surface area contributed by atoms with Gasteiger partial charge < -0.3 is 4.74 Å². The Morgan fingerprint density at radius 1 is 0.889 bits per heavy atom. The van der Waals surface area contributed by atoms with E-state index in [0.29, 0.717) is 13.0 Å². The summed E-state index contributed by atoms with van der Waals surface area (Å²) in [6.45, 7) is 4.91. The van der Waals surface area contributed by atoms with Crippen LogP contribution in [0.3, 0.4) is 0 Å². The van der Waals surface area contributed by atoms with E-state index in [9.17, 15) is 4.79 Å².